The highest BCUT2D eigenvalue weighted by atomic mass is 16.1. The molecule has 5 heteroatoms. The summed E-state index contributed by atoms with van der Waals surface area (Å²) < 4.78 is 1.84. The molecule has 0 saturated carbocycles. The summed E-state index contributed by atoms with van der Waals surface area (Å²) in [6, 6.07) is 9.45. The standard InChI is InChI=1S/C16H22N4O/c1-5-9-20-15(10-12(2)18-20)17-16(21)13-7-6-8-14(11-13)19(3)4/h6-8,10-11H,5,9H2,1-4H3,(H,17,21). The Bertz CT molecular complexity index is 631. The molecule has 2 aromatic rings. The van der Waals surface area contributed by atoms with Gasteiger partial charge in [-0.3, -0.25) is 4.79 Å². The summed E-state index contributed by atoms with van der Waals surface area (Å²) in [5, 5.41) is 7.33. The minimum absolute atomic E-state index is 0.115. The molecule has 0 bridgehead atoms. The predicted octanol–water partition coefficient (Wildman–Crippen LogP) is 2.92. The molecular weight excluding hydrogens is 264 g/mol. The van der Waals surface area contributed by atoms with Crippen LogP contribution in [0.1, 0.15) is 29.4 Å². The van der Waals surface area contributed by atoms with Gasteiger partial charge in [0.2, 0.25) is 0 Å². The molecule has 0 aliphatic carbocycles. The topological polar surface area (TPSA) is 50.2 Å². The van der Waals surface area contributed by atoms with E-state index in [0.29, 0.717) is 5.56 Å². The van der Waals surface area contributed by atoms with Crippen molar-refractivity contribution in [3.63, 3.8) is 0 Å². The second-order valence-corrected chi connectivity index (χ2v) is 5.29. The largest absolute Gasteiger partial charge is 0.378 e. The van der Waals surface area contributed by atoms with Gasteiger partial charge in [-0.25, -0.2) is 4.68 Å². The van der Waals surface area contributed by atoms with Gasteiger partial charge in [0.05, 0.1) is 5.69 Å². The molecule has 1 aromatic carbocycles. The second kappa shape index (κ2) is 6.43. The third-order valence-corrected chi connectivity index (χ3v) is 3.20. The fourth-order valence-corrected chi connectivity index (χ4v) is 2.14. The number of amides is 1. The van der Waals surface area contributed by atoms with Gasteiger partial charge >= 0.3 is 0 Å². The SMILES string of the molecule is CCCn1nc(C)cc1NC(=O)c1cccc(N(C)C)c1. The van der Waals surface area contributed by atoms with Crippen molar-refractivity contribution in [3.05, 3.63) is 41.6 Å². The van der Waals surface area contributed by atoms with Gasteiger partial charge in [0.15, 0.2) is 0 Å². The van der Waals surface area contributed by atoms with E-state index in [1.807, 2.05) is 60.9 Å². The Hall–Kier alpha value is -2.30. The molecular formula is C16H22N4O. The lowest BCUT2D eigenvalue weighted by Crippen LogP contribution is -2.16. The zero-order chi connectivity index (χ0) is 15.4. The molecule has 0 spiro atoms. The van der Waals surface area contributed by atoms with Gasteiger partial charge < -0.3 is 10.2 Å². The van der Waals surface area contributed by atoms with E-state index in [1.54, 1.807) is 0 Å². The van der Waals surface area contributed by atoms with Gasteiger partial charge in [-0.15, -0.1) is 0 Å². The van der Waals surface area contributed by atoms with Crippen LogP contribution in [-0.2, 0) is 6.54 Å². The van der Waals surface area contributed by atoms with Crippen LogP contribution >= 0.6 is 0 Å². The molecule has 1 heterocycles. The fourth-order valence-electron chi connectivity index (χ4n) is 2.14. The molecule has 0 aliphatic heterocycles. The number of aryl methyl sites for hydroxylation is 2. The first kappa shape index (κ1) is 15.1. The van der Waals surface area contributed by atoms with Crippen molar-refractivity contribution in [2.45, 2.75) is 26.8 Å². The average Bonchev–Trinajstić information content (AvgIpc) is 2.79. The van der Waals surface area contributed by atoms with Crippen LogP contribution in [0.4, 0.5) is 11.5 Å². The summed E-state index contributed by atoms with van der Waals surface area (Å²) in [4.78, 5) is 14.4. The van der Waals surface area contributed by atoms with Crippen molar-refractivity contribution < 1.29 is 4.79 Å². The first-order valence-corrected chi connectivity index (χ1v) is 7.14. The van der Waals surface area contributed by atoms with Crippen molar-refractivity contribution in [2.75, 3.05) is 24.3 Å². The molecule has 21 heavy (non-hydrogen) atoms. The summed E-state index contributed by atoms with van der Waals surface area (Å²) in [7, 11) is 3.91. The van der Waals surface area contributed by atoms with Crippen LogP contribution in [0.2, 0.25) is 0 Å². The monoisotopic (exact) mass is 286 g/mol. The van der Waals surface area contributed by atoms with Crippen LogP contribution in [0, 0.1) is 6.92 Å². The zero-order valence-electron chi connectivity index (χ0n) is 13.1. The van der Waals surface area contributed by atoms with Crippen LogP contribution in [0.3, 0.4) is 0 Å². The number of carbonyl (C=O) groups is 1. The Morgan fingerprint density at radius 2 is 2.10 bits per heavy atom. The minimum Gasteiger partial charge on any atom is -0.378 e. The zero-order valence-corrected chi connectivity index (χ0v) is 13.1. The number of rotatable bonds is 5. The molecule has 0 saturated heterocycles. The van der Waals surface area contributed by atoms with E-state index in [2.05, 4.69) is 17.3 Å². The van der Waals surface area contributed by atoms with Crippen LogP contribution in [0.5, 0.6) is 0 Å². The number of hydrogen-bond donors (Lipinski definition) is 1. The van der Waals surface area contributed by atoms with Gasteiger partial charge in [-0.05, 0) is 31.5 Å². The number of anilines is 2. The Labute approximate surface area is 125 Å². The molecule has 1 N–H and O–H groups in total. The number of carbonyl (C=O) groups excluding carboxylic acids is 1. The average molecular weight is 286 g/mol. The fraction of sp³-hybridized carbons (Fsp3) is 0.375. The summed E-state index contributed by atoms with van der Waals surface area (Å²) in [5.41, 5.74) is 2.55. The molecule has 1 aromatic heterocycles. The first-order chi connectivity index (χ1) is 10.0. The molecule has 0 fully saturated rings. The van der Waals surface area contributed by atoms with Gasteiger partial charge in [0.25, 0.3) is 5.91 Å². The molecule has 0 unspecified atom stereocenters. The van der Waals surface area contributed by atoms with E-state index < -0.39 is 0 Å². The number of nitrogens with one attached hydrogen (secondary N) is 1. The van der Waals surface area contributed by atoms with Gasteiger partial charge in [0.1, 0.15) is 5.82 Å². The number of aromatic nitrogens is 2. The highest BCUT2D eigenvalue weighted by molar-refractivity contribution is 6.04. The normalized spacial score (nSPS) is 10.5. The molecule has 0 radical (unpaired) electrons. The van der Waals surface area contributed by atoms with Crippen LogP contribution < -0.4 is 10.2 Å². The van der Waals surface area contributed by atoms with Gasteiger partial charge in [-0.1, -0.05) is 13.0 Å². The Kier molecular flexibility index (Phi) is 4.62. The van der Waals surface area contributed by atoms with Crippen molar-refractivity contribution >= 4 is 17.4 Å². The quantitative estimate of drug-likeness (QED) is 0.919. The van der Waals surface area contributed by atoms with Crippen molar-refractivity contribution in [3.8, 4) is 0 Å². The molecule has 5 nitrogen and oxygen atoms in total. The van der Waals surface area contributed by atoms with Crippen LogP contribution in [-0.4, -0.2) is 29.8 Å². The number of nitrogens with zero attached hydrogens (tertiary/aromatic N) is 3. The molecule has 0 aliphatic rings. The van der Waals surface area contributed by atoms with E-state index >= 15 is 0 Å². The molecule has 1 amide bonds. The van der Waals surface area contributed by atoms with Gasteiger partial charge in [0, 0.05) is 38.0 Å². The summed E-state index contributed by atoms with van der Waals surface area (Å²) >= 11 is 0. The van der Waals surface area contributed by atoms with E-state index in [0.717, 1.165) is 30.2 Å². The lowest BCUT2D eigenvalue weighted by atomic mass is 10.2. The molecule has 0 atom stereocenters. The predicted molar refractivity (Wildman–Crippen MR) is 86.0 cm³/mol. The molecule has 2 rings (SSSR count). The van der Waals surface area contributed by atoms with E-state index in [-0.39, 0.29) is 5.91 Å². The van der Waals surface area contributed by atoms with Gasteiger partial charge in [-0.2, -0.15) is 5.10 Å². The maximum Gasteiger partial charge on any atom is 0.256 e. The third kappa shape index (κ3) is 3.62. The molecule has 112 valence electrons. The van der Waals surface area contributed by atoms with E-state index in [9.17, 15) is 4.79 Å². The Morgan fingerprint density at radius 3 is 2.76 bits per heavy atom. The van der Waals surface area contributed by atoms with E-state index in [4.69, 9.17) is 0 Å². The summed E-state index contributed by atoms with van der Waals surface area (Å²) in [5.74, 6) is 0.630. The highest BCUT2D eigenvalue weighted by Gasteiger charge is 2.11. The maximum atomic E-state index is 12.4. The minimum atomic E-state index is -0.115. The second-order valence-electron chi connectivity index (χ2n) is 5.29. The first-order valence-electron chi connectivity index (χ1n) is 7.14. The van der Waals surface area contributed by atoms with Crippen LogP contribution in [0.15, 0.2) is 30.3 Å². The highest BCUT2D eigenvalue weighted by Crippen LogP contribution is 2.16. The smallest absolute Gasteiger partial charge is 0.256 e. The van der Waals surface area contributed by atoms with Crippen molar-refractivity contribution in [1.29, 1.82) is 0 Å². The van der Waals surface area contributed by atoms with Crippen molar-refractivity contribution in [1.82, 2.24) is 9.78 Å². The third-order valence-electron chi connectivity index (χ3n) is 3.20. The van der Waals surface area contributed by atoms with E-state index in [1.165, 1.54) is 0 Å². The number of benzene rings is 1. The van der Waals surface area contributed by atoms with Crippen molar-refractivity contribution in [2.24, 2.45) is 0 Å². The summed E-state index contributed by atoms with van der Waals surface area (Å²) in [6.45, 7) is 4.80. The number of hydrogen-bond acceptors (Lipinski definition) is 3. The lowest BCUT2D eigenvalue weighted by molar-refractivity contribution is 0.102. The summed E-state index contributed by atoms with van der Waals surface area (Å²) in [6.07, 6.45) is 0.972. The Balaban J connectivity index is 2.20. The van der Waals surface area contributed by atoms with Crippen LogP contribution in [0.25, 0.3) is 0 Å². The lowest BCUT2D eigenvalue weighted by Gasteiger charge is -2.13. The maximum absolute atomic E-state index is 12.4. The Morgan fingerprint density at radius 1 is 1.33 bits per heavy atom.